The Morgan fingerprint density at radius 3 is 2.43 bits per heavy atom. The number of aromatic nitrogens is 2. The van der Waals surface area contributed by atoms with E-state index >= 15 is 0 Å². The third-order valence-electron chi connectivity index (χ3n) is 3.82. The van der Waals surface area contributed by atoms with E-state index in [2.05, 4.69) is 10.1 Å². The number of benzene rings is 1. The number of carbonyl (C=O) groups excluding carboxylic acids is 2. The predicted molar refractivity (Wildman–Crippen MR) is 87.1 cm³/mol. The van der Waals surface area contributed by atoms with Gasteiger partial charge in [-0.2, -0.15) is 10.1 Å². The highest BCUT2D eigenvalue weighted by atomic mass is 32.1. The van der Waals surface area contributed by atoms with E-state index in [0.29, 0.717) is 11.1 Å². The van der Waals surface area contributed by atoms with E-state index in [-0.39, 0.29) is 0 Å². The van der Waals surface area contributed by atoms with Gasteiger partial charge in [0, 0.05) is 11.1 Å². The number of aryl methyl sites for hydroxylation is 2. The Hall–Kier alpha value is -2.80. The quantitative estimate of drug-likeness (QED) is 0.537. The zero-order valence-corrected chi connectivity index (χ0v) is 13.3. The van der Waals surface area contributed by atoms with Gasteiger partial charge in [-0.3, -0.25) is 14.0 Å². The zero-order chi connectivity index (χ0) is 16.1. The minimum absolute atomic E-state index is 0.386. The predicted octanol–water partition coefficient (Wildman–Crippen LogP) is 2.64. The standard InChI is InChI=1S/C16H12N4O2S/c1-9-8-23-16-18-10(2)13(19(9)16)7-17-20-14(21)11-5-3-4-6-12(11)15(20)22/h3-8H,1-2H3. The summed E-state index contributed by atoms with van der Waals surface area (Å²) in [5.41, 5.74) is 3.39. The molecule has 3 heterocycles. The number of nitrogens with zero attached hydrogens (tertiary/aromatic N) is 4. The maximum atomic E-state index is 12.3. The summed E-state index contributed by atoms with van der Waals surface area (Å²) in [4.78, 5) is 29.9. The van der Waals surface area contributed by atoms with E-state index in [9.17, 15) is 9.59 Å². The van der Waals surface area contributed by atoms with Gasteiger partial charge in [0.15, 0.2) is 4.96 Å². The van der Waals surface area contributed by atoms with Gasteiger partial charge in [0.05, 0.1) is 28.7 Å². The number of hydrogen-bond acceptors (Lipinski definition) is 5. The second-order valence-electron chi connectivity index (χ2n) is 5.29. The fourth-order valence-electron chi connectivity index (χ4n) is 2.67. The molecule has 114 valence electrons. The van der Waals surface area contributed by atoms with Crippen molar-refractivity contribution in [3.63, 3.8) is 0 Å². The average Bonchev–Trinajstić information content (AvgIpc) is 3.13. The Bertz CT molecular complexity index is 964. The molecule has 0 N–H and O–H groups in total. The molecule has 4 rings (SSSR count). The monoisotopic (exact) mass is 324 g/mol. The molecule has 0 aliphatic carbocycles. The van der Waals surface area contributed by atoms with Crippen LogP contribution in [0, 0.1) is 13.8 Å². The Morgan fingerprint density at radius 1 is 1.13 bits per heavy atom. The molecular formula is C16H12N4O2S. The van der Waals surface area contributed by atoms with Crippen molar-refractivity contribution in [1.29, 1.82) is 0 Å². The van der Waals surface area contributed by atoms with E-state index in [1.165, 1.54) is 6.21 Å². The fraction of sp³-hybridized carbons (Fsp3) is 0.125. The number of hydrazone groups is 1. The molecule has 0 radical (unpaired) electrons. The van der Waals surface area contributed by atoms with Gasteiger partial charge in [-0.25, -0.2) is 4.98 Å². The number of imidazole rings is 1. The van der Waals surface area contributed by atoms with Crippen LogP contribution in [-0.2, 0) is 0 Å². The van der Waals surface area contributed by atoms with Gasteiger partial charge in [-0.15, -0.1) is 11.3 Å². The van der Waals surface area contributed by atoms with Gasteiger partial charge in [0.2, 0.25) is 0 Å². The Kier molecular flexibility index (Phi) is 2.92. The first-order valence-corrected chi connectivity index (χ1v) is 7.91. The number of amides is 2. The van der Waals surface area contributed by atoms with Crippen LogP contribution in [0.2, 0.25) is 0 Å². The number of rotatable bonds is 2. The van der Waals surface area contributed by atoms with Crippen molar-refractivity contribution in [2.45, 2.75) is 13.8 Å². The SMILES string of the molecule is Cc1nc2scc(C)n2c1C=NN1C(=O)c2ccccc2C1=O. The van der Waals surface area contributed by atoms with Crippen LogP contribution in [0.1, 0.15) is 37.8 Å². The van der Waals surface area contributed by atoms with Crippen molar-refractivity contribution in [1.82, 2.24) is 14.4 Å². The zero-order valence-electron chi connectivity index (χ0n) is 12.5. The smallest absolute Gasteiger partial charge is 0.282 e. The molecule has 0 fully saturated rings. The molecule has 0 spiro atoms. The van der Waals surface area contributed by atoms with Crippen LogP contribution < -0.4 is 0 Å². The van der Waals surface area contributed by atoms with E-state index in [0.717, 1.165) is 27.1 Å². The van der Waals surface area contributed by atoms with Crippen molar-refractivity contribution in [3.8, 4) is 0 Å². The van der Waals surface area contributed by atoms with Gasteiger partial charge < -0.3 is 0 Å². The van der Waals surface area contributed by atoms with Crippen LogP contribution >= 0.6 is 11.3 Å². The van der Waals surface area contributed by atoms with E-state index in [1.54, 1.807) is 35.6 Å². The van der Waals surface area contributed by atoms with Crippen molar-refractivity contribution in [2.75, 3.05) is 0 Å². The molecule has 7 heteroatoms. The van der Waals surface area contributed by atoms with Crippen LogP contribution in [0.5, 0.6) is 0 Å². The van der Waals surface area contributed by atoms with E-state index in [1.807, 2.05) is 23.6 Å². The van der Waals surface area contributed by atoms with Crippen molar-refractivity contribution >= 4 is 34.3 Å². The molecule has 0 unspecified atom stereocenters. The number of imide groups is 1. The van der Waals surface area contributed by atoms with Gasteiger partial charge in [-0.05, 0) is 26.0 Å². The third kappa shape index (κ3) is 1.93. The first-order chi connectivity index (χ1) is 11.1. The van der Waals surface area contributed by atoms with Crippen molar-refractivity contribution in [2.24, 2.45) is 5.10 Å². The van der Waals surface area contributed by atoms with Crippen LogP contribution in [0.15, 0.2) is 34.7 Å². The summed E-state index contributed by atoms with van der Waals surface area (Å²) < 4.78 is 1.96. The normalized spacial score (nSPS) is 14.4. The maximum absolute atomic E-state index is 12.3. The number of thiazole rings is 1. The summed E-state index contributed by atoms with van der Waals surface area (Å²) in [6.45, 7) is 3.85. The van der Waals surface area contributed by atoms with Crippen LogP contribution in [-0.4, -0.2) is 32.4 Å². The van der Waals surface area contributed by atoms with Crippen LogP contribution in [0.3, 0.4) is 0 Å². The number of carbonyl (C=O) groups is 2. The molecule has 0 atom stereocenters. The largest absolute Gasteiger partial charge is 0.286 e. The molecule has 3 aromatic rings. The van der Waals surface area contributed by atoms with Crippen molar-refractivity contribution < 1.29 is 9.59 Å². The Balaban J connectivity index is 1.75. The third-order valence-corrected chi connectivity index (χ3v) is 4.77. The highest BCUT2D eigenvalue weighted by molar-refractivity contribution is 7.15. The number of fused-ring (bicyclic) bond motifs is 2. The van der Waals surface area contributed by atoms with Gasteiger partial charge in [0.25, 0.3) is 11.8 Å². The van der Waals surface area contributed by atoms with Crippen LogP contribution in [0.25, 0.3) is 4.96 Å². The summed E-state index contributed by atoms with van der Waals surface area (Å²) in [5.74, 6) is -0.801. The minimum atomic E-state index is -0.401. The molecule has 2 amide bonds. The van der Waals surface area contributed by atoms with E-state index in [4.69, 9.17) is 0 Å². The van der Waals surface area contributed by atoms with Crippen LogP contribution in [0.4, 0.5) is 0 Å². The molecule has 1 aromatic carbocycles. The Morgan fingerprint density at radius 2 is 1.78 bits per heavy atom. The summed E-state index contributed by atoms with van der Waals surface area (Å²) in [7, 11) is 0. The lowest BCUT2D eigenvalue weighted by molar-refractivity contribution is 0.0660. The molecule has 6 nitrogen and oxygen atoms in total. The highest BCUT2D eigenvalue weighted by Crippen LogP contribution is 2.23. The topological polar surface area (TPSA) is 67.0 Å². The molecule has 2 aromatic heterocycles. The molecule has 0 saturated carbocycles. The fourth-order valence-corrected chi connectivity index (χ4v) is 3.59. The van der Waals surface area contributed by atoms with Gasteiger partial charge in [-0.1, -0.05) is 12.1 Å². The summed E-state index contributed by atoms with van der Waals surface area (Å²) in [6.07, 6.45) is 1.52. The average molecular weight is 324 g/mol. The molecule has 0 bridgehead atoms. The molecule has 1 aliphatic heterocycles. The minimum Gasteiger partial charge on any atom is -0.286 e. The van der Waals surface area contributed by atoms with Crippen molar-refractivity contribution in [3.05, 3.63) is 57.9 Å². The first kappa shape index (κ1) is 13.8. The molecular weight excluding hydrogens is 312 g/mol. The summed E-state index contributed by atoms with van der Waals surface area (Å²) >= 11 is 1.54. The molecule has 0 saturated heterocycles. The van der Waals surface area contributed by atoms with E-state index < -0.39 is 11.8 Å². The lowest BCUT2D eigenvalue weighted by atomic mass is 10.1. The van der Waals surface area contributed by atoms with Gasteiger partial charge >= 0.3 is 0 Å². The highest BCUT2D eigenvalue weighted by Gasteiger charge is 2.35. The van der Waals surface area contributed by atoms with Gasteiger partial charge in [0.1, 0.15) is 0 Å². The Labute approximate surface area is 135 Å². The summed E-state index contributed by atoms with van der Waals surface area (Å²) in [6, 6.07) is 6.74. The lowest BCUT2D eigenvalue weighted by Gasteiger charge is -2.05. The molecule has 1 aliphatic rings. The maximum Gasteiger partial charge on any atom is 0.282 e. The summed E-state index contributed by atoms with van der Waals surface area (Å²) in [5, 5.41) is 7.04. The molecule has 23 heavy (non-hydrogen) atoms. The first-order valence-electron chi connectivity index (χ1n) is 7.03. The number of hydrogen-bond donors (Lipinski definition) is 0. The second-order valence-corrected chi connectivity index (χ2v) is 6.13. The lowest BCUT2D eigenvalue weighted by Crippen LogP contribution is -2.24. The second kappa shape index (κ2) is 4.85.